The van der Waals surface area contributed by atoms with Crippen molar-refractivity contribution in [1.29, 1.82) is 0 Å². The van der Waals surface area contributed by atoms with E-state index in [2.05, 4.69) is 15.6 Å². The third-order valence-electron chi connectivity index (χ3n) is 2.97. The summed E-state index contributed by atoms with van der Waals surface area (Å²) in [6, 6.07) is 6.01. The Morgan fingerprint density at radius 1 is 1.28 bits per heavy atom. The predicted octanol–water partition coefficient (Wildman–Crippen LogP) is 2.49. The van der Waals surface area contributed by atoms with E-state index in [-0.39, 0.29) is 30.4 Å². The summed E-state index contributed by atoms with van der Waals surface area (Å²) in [5, 5.41) is 6.17. The van der Waals surface area contributed by atoms with E-state index in [9.17, 15) is 9.18 Å². The molecule has 0 fully saturated rings. The van der Waals surface area contributed by atoms with E-state index in [4.69, 9.17) is 9.47 Å². The zero-order valence-electron chi connectivity index (χ0n) is 15.3. The van der Waals surface area contributed by atoms with Gasteiger partial charge < -0.3 is 20.1 Å². The molecule has 0 bridgehead atoms. The number of carbonyl (C=O) groups is 1. The van der Waals surface area contributed by atoms with Gasteiger partial charge in [-0.25, -0.2) is 9.38 Å². The maximum Gasteiger partial charge on any atom is 0.307 e. The molecule has 0 aliphatic carbocycles. The lowest BCUT2D eigenvalue weighted by atomic mass is 10.3. The number of nitrogens with one attached hydrogen (secondary N) is 2. The summed E-state index contributed by atoms with van der Waals surface area (Å²) in [7, 11) is 0. The van der Waals surface area contributed by atoms with Crippen molar-refractivity contribution in [2.75, 3.05) is 19.6 Å². The van der Waals surface area contributed by atoms with Gasteiger partial charge in [0, 0.05) is 19.2 Å². The van der Waals surface area contributed by atoms with Crippen molar-refractivity contribution in [2.45, 2.75) is 46.3 Å². The highest BCUT2D eigenvalue weighted by Crippen LogP contribution is 2.13. The highest BCUT2D eigenvalue weighted by molar-refractivity contribution is 5.80. The second kappa shape index (κ2) is 11.3. The molecule has 0 aliphatic heterocycles. The minimum absolute atomic E-state index is 0.116. The molecule has 0 radical (unpaired) electrons. The lowest BCUT2D eigenvalue weighted by Crippen LogP contribution is -2.39. The molecule has 7 heteroatoms. The first-order valence-corrected chi connectivity index (χ1v) is 8.54. The van der Waals surface area contributed by atoms with E-state index in [0.717, 1.165) is 0 Å². The number of halogens is 1. The van der Waals surface area contributed by atoms with Crippen molar-refractivity contribution < 1.29 is 18.7 Å². The second-order valence-corrected chi connectivity index (χ2v) is 5.82. The summed E-state index contributed by atoms with van der Waals surface area (Å²) < 4.78 is 23.9. The zero-order chi connectivity index (χ0) is 18.7. The van der Waals surface area contributed by atoms with Crippen LogP contribution in [0.15, 0.2) is 29.3 Å². The lowest BCUT2D eigenvalue weighted by molar-refractivity contribution is -0.147. The predicted molar refractivity (Wildman–Crippen MR) is 96.3 cm³/mol. The van der Waals surface area contributed by atoms with Crippen LogP contribution < -0.4 is 15.4 Å². The van der Waals surface area contributed by atoms with Gasteiger partial charge in [0.2, 0.25) is 0 Å². The van der Waals surface area contributed by atoms with Crippen LogP contribution in [0.4, 0.5) is 4.39 Å². The Kier molecular flexibility index (Phi) is 9.36. The molecule has 1 atom stereocenters. The molecule has 0 spiro atoms. The first-order valence-electron chi connectivity index (χ1n) is 8.54. The number of rotatable bonds is 9. The molecule has 1 aromatic carbocycles. The van der Waals surface area contributed by atoms with Crippen LogP contribution in [0, 0.1) is 5.82 Å². The molecule has 0 aromatic heterocycles. The second-order valence-electron chi connectivity index (χ2n) is 5.82. The Hall–Kier alpha value is -2.31. The van der Waals surface area contributed by atoms with Crippen LogP contribution in [-0.2, 0) is 9.53 Å². The van der Waals surface area contributed by atoms with Gasteiger partial charge in [0.1, 0.15) is 17.7 Å². The van der Waals surface area contributed by atoms with E-state index < -0.39 is 0 Å². The summed E-state index contributed by atoms with van der Waals surface area (Å²) >= 11 is 0. The van der Waals surface area contributed by atoms with Gasteiger partial charge >= 0.3 is 5.97 Å². The minimum atomic E-state index is -0.337. The number of benzene rings is 1. The molecule has 0 aliphatic rings. The first-order chi connectivity index (χ1) is 11.9. The van der Waals surface area contributed by atoms with Gasteiger partial charge in [-0.1, -0.05) is 6.07 Å². The van der Waals surface area contributed by atoms with Crippen molar-refractivity contribution in [3.63, 3.8) is 0 Å². The first kappa shape index (κ1) is 20.7. The molecule has 1 rings (SSSR count). The number of aliphatic imine (C=N–C) groups is 1. The Balaban J connectivity index is 2.44. The SMILES string of the molecule is CCNC(=NCC(C)Oc1cccc(F)c1)NCCC(=O)OC(C)C. The molecule has 140 valence electrons. The van der Waals surface area contributed by atoms with Gasteiger partial charge in [-0.15, -0.1) is 0 Å². The number of ether oxygens (including phenoxy) is 2. The average Bonchev–Trinajstić information content (AvgIpc) is 2.52. The van der Waals surface area contributed by atoms with Crippen LogP contribution in [0.1, 0.15) is 34.1 Å². The molecule has 2 N–H and O–H groups in total. The molecule has 25 heavy (non-hydrogen) atoms. The summed E-state index contributed by atoms with van der Waals surface area (Å²) in [4.78, 5) is 15.9. The molecule has 1 unspecified atom stereocenters. The van der Waals surface area contributed by atoms with Crippen molar-refractivity contribution in [3.05, 3.63) is 30.1 Å². The Morgan fingerprint density at radius 2 is 2.04 bits per heavy atom. The Labute approximate surface area is 148 Å². The molecule has 1 aromatic rings. The summed E-state index contributed by atoms with van der Waals surface area (Å²) in [6.07, 6.45) is -0.0730. The van der Waals surface area contributed by atoms with Crippen LogP contribution in [-0.4, -0.2) is 43.8 Å². The van der Waals surface area contributed by atoms with Crippen LogP contribution in [0.5, 0.6) is 5.75 Å². The monoisotopic (exact) mass is 353 g/mol. The van der Waals surface area contributed by atoms with E-state index in [1.54, 1.807) is 12.1 Å². The van der Waals surface area contributed by atoms with E-state index >= 15 is 0 Å². The fraction of sp³-hybridized carbons (Fsp3) is 0.556. The zero-order valence-corrected chi connectivity index (χ0v) is 15.3. The van der Waals surface area contributed by atoms with Gasteiger partial charge in [0.05, 0.1) is 19.1 Å². The largest absolute Gasteiger partial charge is 0.489 e. The van der Waals surface area contributed by atoms with Crippen LogP contribution in [0.2, 0.25) is 0 Å². The molecule has 0 saturated carbocycles. The van der Waals surface area contributed by atoms with Crippen molar-refractivity contribution >= 4 is 11.9 Å². The van der Waals surface area contributed by atoms with E-state index in [1.807, 2.05) is 27.7 Å². The van der Waals surface area contributed by atoms with Crippen molar-refractivity contribution in [2.24, 2.45) is 4.99 Å². The van der Waals surface area contributed by atoms with Gasteiger partial charge in [0.25, 0.3) is 0 Å². The van der Waals surface area contributed by atoms with Crippen LogP contribution >= 0.6 is 0 Å². The average molecular weight is 353 g/mol. The number of esters is 1. The molecule has 6 nitrogen and oxygen atoms in total. The Bertz CT molecular complexity index is 564. The van der Waals surface area contributed by atoms with E-state index in [0.29, 0.717) is 31.3 Å². The number of nitrogens with zero attached hydrogens (tertiary/aromatic N) is 1. The third kappa shape index (κ3) is 9.54. The Morgan fingerprint density at radius 3 is 2.68 bits per heavy atom. The summed E-state index contributed by atoms with van der Waals surface area (Å²) in [5.74, 6) is 0.476. The molecule has 0 amide bonds. The topological polar surface area (TPSA) is 72.0 Å². The van der Waals surface area contributed by atoms with Gasteiger partial charge in [-0.3, -0.25) is 4.79 Å². The maximum absolute atomic E-state index is 13.2. The van der Waals surface area contributed by atoms with Gasteiger partial charge in [-0.05, 0) is 39.8 Å². The highest BCUT2D eigenvalue weighted by Gasteiger charge is 2.07. The van der Waals surface area contributed by atoms with Gasteiger partial charge in [-0.2, -0.15) is 0 Å². The number of hydrogen-bond donors (Lipinski definition) is 2. The quantitative estimate of drug-likeness (QED) is 0.405. The maximum atomic E-state index is 13.2. The number of guanidine groups is 1. The van der Waals surface area contributed by atoms with E-state index in [1.165, 1.54) is 12.1 Å². The number of hydrogen-bond acceptors (Lipinski definition) is 4. The lowest BCUT2D eigenvalue weighted by Gasteiger charge is -2.15. The van der Waals surface area contributed by atoms with Crippen molar-refractivity contribution in [3.8, 4) is 5.75 Å². The normalized spacial score (nSPS) is 12.6. The third-order valence-corrected chi connectivity index (χ3v) is 2.97. The highest BCUT2D eigenvalue weighted by atomic mass is 19.1. The minimum Gasteiger partial charge on any atom is -0.489 e. The molecular weight excluding hydrogens is 325 g/mol. The van der Waals surface area contributed by atoms with Crippen molar-refractivity contribution in [1.82, 2.24) is 10.6 Å². The summed E-state index contributed by atoms with van der Waals surface area (Å²) in [5.41, 5.74) is 0. The van der Waals surface area contributed by atoms with Crippen LogP contribution in [0.3, 0.4) is 0 Å². The molecule has 0 heterocycles. The smallest absolute Gasteiger partial charge is 0.307 e. The van der Waals surface area contributed by atoms with Crippen LogP contribution in [0.25, 0.3) is 0 Å². The van der Waals surface area contributed by atoms with Gasteiger partial charge in [0.15, 0.2) is 5.96 Å². The fourth-order valence-electron chi connectivity index (χ4n) is 1.98. The summed E-state index contributed by atoms with van der Waals surface area (Å²) in [6.45, 7) is 8.96. The molecule has 0 saturated heterocycles. The fourth-order valence-corrected chi connectivity index (χ4v) is 1.98. The number of carbonyl (C=O) groups excluding carboxylic acids is 1. The molecular formula is C18H28FN3O3. The standard InChI is InChI=1S/C18H28FN3O3/c1-5-20-18(21-10-9-17(23)24-13(2)3)22-12-14(4)25-16-8-6-7-15(19)11-16/h6-8,11,13-14H,5,9-10,12H2,1-4H3,(H2,20,21,22).